The predicted molar refractivity (Wildman–Crippen MR) is 78.6 cm³/mol. The lowest BCUT2D eigenvalue weighted by Crippen LogP contribution is -2.48. The summed E-state index contributed by atoms with van der Waals surface area (Å²) in [6, 6.07) is 7.53. The van der Waals surface area contributed by atoms with Crippen molar-refractivity contribution >= 4 is 23.5 Å². The second-order valence-electron chi connectivity index (χ2n) is 4.89. The molecule has 1 saturated heterocycles. The summed E-state index contributed by atoms with van der Waals surface area (Å²) in [5.41, 5.74) is 0.615. The molecule has 1 aliphatic rings. The second kappa shape index (κ2) is 5.73. The summed E-state index contributed by atoms with van der Waals surface area (Å²) in [4.78, 5) is 16.2. The molecule has 3 rings (SSSR count). The third-order valence-electron chi connectivity index (χ3n) is 3.42. The van der Waals surface area contributed by atoms with Crippen LogP contribution in [-0.4, -0.2) is 47.2 Å². The number of nitrogens with zero attached hydrogens (tertiary/aromatic N) is 4. The van der Waals surface area contributed by atoms with Crippen molar-refractivity contribution in [1.29, 1.82) is 0 Å². The predicted octanol–water partition coefficient (Wildman–Crippen LogP) is 1.99. The van der Waals surface area contributed by atoms with Crippen LogP contribution in [0.4, 0.5) is 6.01 Å². The van der Waals surface area contributed by atoms with E-state index in [1.165, 1.54) is 0 Å². The molecule has 1 aromatic heterocycles. The lowest BCUT2D eigenvalue weighted by molar-refractivity contribution is 0.0745. The zero-order chi connectivity index (χ0) is 14.8. The van der Waals surface area contributed by atoms with Gasteiger partial charge < -0.3 is 14.2 Å². The van der Waals surface area contributed by atoms with Crippen LogP contribution in [0.3, 0.4) is 0 Å². The van der Waals surface area contributed by atoms with Gasteiger partial charge in [-0.15, -0.1) is 5.10 Å². The van der Waals surface area contributed by atoms with Gasteiger partial charge in [-0.2, -0.15) is 0 Å². The number of hydrogen-bond donors (Lipinski definition) is 0. The molecule has 1 fully saturated rings. The Kier molecular flexibility index (Phi) is 3.79. The van der Waals surface area contributed by atoms with Gasteiger partial charge in [-0.3, -0.25) is 4.79 Å². The largest absolute Gasteiger partial charge is 0.408 e. The Balaban J connectivity index is 1.64. The monoisotopic (exact) mass is 306 g/mol. The fourth-order valence-corrected chi connectivity index (χ4v) is 2.51. The van der Waals surface area contributed by atoms with Crippen LogP contribution >= 0.6 is 11.6 Å². The maximum atomic E-state index is 12.4. The van der Waals surface area contributed by atoms with Crippen LogP contribution in [0, 0.1) is 6.92 Å². The molecule has 0 saturated carbocycles. The number of piperazine rings is 1. The molecule has 2 aromatic rings. The van der Waals surface area contributed by atoms with E-state index in [4.69, 9.17) is 16.0 Å². The van der Waals surface area contributed by atoms with Gasteiger partial charge in [0.25, 0.3) is 5.91 Å². The Morgan fingerprint density at radius 3 is 2.62 bits per heavy atom. The first-order valence-corrected chi connectivity index (χ1v) is 7.11. The molecule has 2 heterocycles. The Bertz CT molecular complexity index is 650. The number of anilines is 1. The Labute approximate surface area is 127 Å². The van der Waals surface area contributed by atoms with Gasteiger partial charge in [0, 0.05) is 43.7 Å². The number of rotatable bonds is 2. The molecule has 1 aromatic carbocycles. The van der Waals surface area contributed by atoms with Crippen LogP contribution < -0.4 is 4.90 Å². The number of amides is 1. The van der Waals surface area contributed by atoms with Gasteiger partial charge >= 0.3 is 6.01 Å². The molecule has 110 valence electrons. The van der Waals surface area contributed by atoms with Gasteiger partial charge in [0.05, 0.1) is 0 Å². The SMILES string of the molecule is Cc1nnc(N2CCN(C(=O)c3cccc(Cl)c3)CC2)o1. The van der Waals surface area contributed by atoms with Gasteiger partial charge in [0.15, 0.2) is 0 Å². The third-order valence-corrected chi connectivity index (χ3v) is 3.66. The van der Waals surface area contributed by atoms with Crippen molar-refractivity contribution < 1.29 is 9.21 Å². The maximum Gasteiger partial charge on any atom is 0.318 e. The van der Waals surface area contributed by atoms with Crippen LogP contribution in [0.2, 0.25) is 5.02 Å². The van der Waals surface area contributed by atoms with E-state index < -0.39 is 0 Å². The van der Waals surface area contributed by atoms with Crippen LogP contribution in [0.15, 0.2) is 28.7 Å². The smallest absolute Gasteiger partial charge is 0.318 e. The molecule has 1 amide bonds. The van der Waals surface area contributed by atoms with Crippen molar-refractivity contribution in [2.75, 3.05) is 31.1 Å². The summed E-state index contributed by atoms with van der Waals surface area (Å²) in [6.07, 6.45) is 0. The molecular weight excluding hydrogens is 292 g/mol. The topological polar surface area (TPSA) is 62.5 Å². The summed E-state index contributed by atoms with van der Waals surface area (Å²) >= 11 is 5.93. The van der Waals surface area contributed by atoms with Crippen LogP contribution in [-0.2, 0) is 0 Å². The van der Waals surface area contributed by atoms with Crippen LogP contribution in [0.1, 0.15) is 16.2 Å². The average molecular weight is 307 g/mol. The molecule has 1 aliphatic heterocycles. The molecule has 0 bridgehead atoms. The van der Waals surface area contributed by atoms with E-state index >= 15 is 0 Å². The number of halogens is 1. The quantitative estimate of drug-likeness (QED) is 0.849. The van der Waals surface area contributed by atoms with E-state index in [1.54, 1.807) is 31.2 Å². The highest BCUT2D eigenvalue weighted by molar-refractivity contribution is 6.30. The fourth-order valence-electron chi connectivity index (χ4n) is 2.32. The lowest BCUT2D eigenvalue weighted by atomic mass is 10.2. The fraction of sp³-hybridized carbons (Fsp3) is 0.357. The summed E-state index contributed by atoms with van der Waals surface area (Å²) in [5, 5.41) is 8.39. The highest BCUT2D eigenvalue weighted by Crippen LogP contribution is 2.17. The molecule has 0 radical (unpaired) electrons. The minimum absolute atomic E-state index is 0.00106. The zero-order valence-electron chi connectivity index (χ0n) is 11.6. The highest BCUT2D eigenvalue weighted by Gasteiger charge is 2.24. The summed E-state index contributed by atoms with van der Waals surface area (Å²) in [6.45, 7) is 4.34. The van der Waals surface area contributed by atoms with Crippen molar-refractivity contribution in [3.63, 3.8) is 0 Å². The van der Waals surface area contributed by atoms with Gasteiger partial charge in [0.1, 0.15) is 0 Å². The van der Waals surface area contributed by atoms with Crippen molar-refractivity contribution in [2.24, 2.45) is 0 Å². The number of carbonyl (C=O) groups is 1. The molecule has 0 N–H and O–H groups in total. The summed E-state index contributed by atoms with van der Waals surface area (Å²) in [7, 11) is 0. The zero-order valence-corrected chi connectivity index (χ0v) is 12.4. The molecular formula is C14H15ClN4O2. The van der Waals surface area contributed by atoms with Crippen molar-refractivity contribution in [3.8, 4) is 0 Å². The number of aromatic nitrogens is 2. The number of benzene rings is 1. The third kappa shape index (κ3) is 3.00. The van der Waals surface area contributed by atoms with Gasteiger partial charge in [-0.05, 0) is 18.2 Å². The molecule has 21 heavy (non-hydrogen) atoms. The van der Waals surface area contributed by atoms with Crippen molar-refractivity contribution in [2.45, 2.75) is 6.92 Å². The van der Waals surface area contributed by atoms with E-state index in [1.807, 2.05) is 9.80 Å². The van der Waals surface area contributed by atoms with Gasteiger partial charge in [-0.1, -0.05) is 22.8 Å². The number of aryl methyl sites for hydroxylation is 1. The van der Waals surface area contributed by atoms with E-state index in [-0.39, 0.29) is 5.91 Å². The van der Waals surface area contributed by atoms with Crippen molar-refractivity contribution in [1.82, 2.24) is 15.1 Å². The van der Waals surface area contributed by atoms with Crippen LogP contribution in [0.5, 0.6) is 0 Å². The Morgan fingerprint density at radius 1 is 1.24 bits per heavy atom. The lowest BCUT2D eigenvalue weighted by Gasteiger charge is -2.33. The molecule has 0 unspecified atom stereocenters. The molecule has 0 aliphatic carbocycles. The van der Waals surface area contributed by atoms with Crippen LogP contribution in [0.25, 0.3) is 0 Å². The Hall–Kier alpha value is -2.08. The number of hydrogen-bond acceptors (Lipinski definition) is 5. The average Bonchev–Trinajstić information content (AvgIpc) is 2.93. The minimum atomic E-state index is -0.00106. The van der Waals surface area contributed by atoms with Gasteiger partial charge in [-0.25, -0.2) is 0 Å². The molecule has 0 spiro atoms. The standard InChI is InChI=1S/C14H15ClN4O2/c1-10-16-17-14(21-10)19-7-5-18(6-8-19)13(20)11-3-2-4-12(15)9-11/h2-4,9H,5-8H2,1H3. The molecule has 0 atom stereocenters. The number of carbonyl (C=O) groups excluding carboxylic acids is 1. The summed E-state index contributed by atoms with van der Waals surface area (Å²) in [5.74, 6) is 0.543. The minimum Gasteiger partial charge on any atom is -0.408 e. The normalized spacial score (nSPS) is 15.3. The summed E-state index contributed by atoms with van der Waals surface area (Å²) < 4.78 is 5.40. The first-order chi connectivity index (χ1) is 10.1. The van der Waals surface area contributed by atoms with E-state index in [0.29, 0.717) is 48.7 Å². The first-order valence-electron chi connectivity index (χ1n) is 6.73. The Morgan fingerprint density at radius 2 is 2.00 bits per heavy atom. The molecule has 7 heteroatoms. The van der Waals surface area contributed by atoms with E-state index in [0.717, 1.165) is 0 Å². The van der Waals surface area contributed by atoms with Gasteiger partial charge in [0.2, 0.25) is 5.89 Å². The molecule has 6 nitrogen and oxygen atoms in total. The van der Waals surface area contributed by atoms with Crippen molar-refractivity contribution in [3.05, 3.63) is 40.7 Å². The highest BCUT2D eigenvalue weighted by atomic mass is 35.5. The first kappa shape index (κ1) is 13.9. The van der Waals surface area contributed by atoms with E-state index in [9.17, 15) is 4.79 Å². The maximum absolute atomic E-state index is 12.4. The second-order valence-corrected chi connectivity index (χ2v) is 5.33. The van der Waals surface area contributed by atoms with E-state index in [2.05, 4.69) is 10.2 Å².